The molecule has 0 unspecified atom stereocenters. The van der Waals surface area contributed by atoms with E-state index in [1.807, 2.05) is 0 Å². The van der Waals surface area contributed by atoms with Crippen molar-refractivity contribution in [3.05, 3.63) is 34.6 Å². The van der Waals surface area contributed by atoms with Gasteiger partial charge in [0.15, 0.2) is 0 Å². The Kier molecular flexibility index (Phi) is 4.15. The molecule has 2 aliphatic heterocycles. The zero-order valence-electron chi connectivity index (χ0n) is 11.8. The topological polar surface area (TPSA) is 41.6 Å². The molecule has 0 saturated carbocycles. The van der Waals surface area contributed by atoms with Crippen molar-refractivity contribution in [2.45, 2.75) is 31.5 Å². The molecule has 1 aromatic carbocycles. The van der Waals surface area contributed by atoms with E-state index in [0.29, 0.717) is 18.2 Å². The van der Waals surface area contributed by atoms with Crippen LogP contribution in [0.1, 0.15) is 23.7 Å². The highest BCUT2D eigenvalue weighted by Crippen LogP contribution is 2.23. The molecule has 6 heteroatoms. The minimum absolute atomic E-state index is 0.0238. The lowest BCUT2D eigenvalue weighted by molar-refractivity contribution is -0.0390. The second-order valence-corrected chi connectivity index (χ2v) is 6.19. The van der Waals surface area contributed by atoms with Gasteiger partial charge in [0.05, 0.1) is 17.7 Å². The van der Waals surface area contributed by atoms with E-state index in [9.17, 15) is 9.18 Å². The molecule has 0 bridgehead atoms. The number of carbonyl (C=O) groups excluding carboxylic acids is 1. The van der Waals surface area contributed by atoms with Crippen LogP contribution in [0, 0.1) is 5.82 Å². The number of rotatable bonds is 2. The van der Waals surface area contributed by atoms with Gasteiger partial charge in [-0.2, -0.15) is 0 Å². The smallest absolute Gasteiger partial charge is 0.251 e. The van der Waals surface area contributed by atoms with Crippen LogP contribution in [0.25, 0.3) is 0 Å². The van der Waals surface area contributed by atoms with Crippen molar-refractivity contribution < 1.29 is 13.9 Å². The number of morpholine rings is 1. The minimum atomic E-state index is -0.574. The highest BCUT2D eigenvalue weighted by Gasteiger charge is 2.36. The Bertz CT molecular complexity index is 554. The molecule has 1 aromatic rings. The van der Waals surface area contributed by atoms with Crippen molar-refractivity contribution in [2.75, 3.05) is 19.7 Å². The van der Waals surface area contributed by atoms with Gasteiger partial charge in [-0.1, -0.05) is 11.6 Å². The molecule has 1 N–H and O–H groups in total. The first-order valence-corrected chi connectivity index (χ1v) is 7.52. The Morgan fingerprint density at radius 3 is 3.05 bits per heavy atom. The first-order valence-electron chi connectivity index (χ1n) is 7.14. The maximum Gasteiger partial charge on any atom is 0.251 e. The number of nitrogens with zero attached hydrogens (tertiary/aromatic N) is 1. The largest absolute Gasteiger partial charge is 0.376 e. The average Bonchev–Trinajstić information content (AvgIpc) is 2.83. The van der Waals surface area contributed by atoms with Crippen LogP contribution in [0.15, 0.2) is 18.2 Å². The molecule has 0 radical (unpaired) electrons. The average molecular weight is 313 g/mol. The molecule has 1 amide bonds. The van der Waals surface area contributed by atoms with E-state index in [1.165, 1.54) is 18.2 Å². The second kappa shape index (κ2) is 5.91. The number of benzene rings is 1. The van der Waals surface area contributed by atoms with Crippen molar-refractivity contribution >= 4 is 17.5 Å². The van der Waals surface area contributed by atoms with Crippen LogP contribution < -0.4 is 5.32 Å². The highest BCUT2D eigenvalue weighted by molar-refractivity contribution is 6.30. The predicted octanol–water partition coefficient (Wildman–Crippen LogP) is 2.07. The molecule has 0 aliphatic carbocycles. The number of ether oxygens (including phenoxy) is 1. The molecule has 3 rings (SSSR count). The Morgan fingerprint density at radius 1 is 1.48 bits per heavy atom. The number of nitrogens with one attached hydrogen (secondary N) is 1. The lowest BCUT2D eigenvalue weighted by Gasteiger charge is -2.33. The Hall–Kier alpha value is -1.17. The van der Waals surface area contributed by atoms with Gasteiger partial charge in [-0.25, -0.2) is 4.39 Å². The number of fused-ring (bicyclic) bond motifs is 1. The van der Waals surface area contributed by atoms with Crippen LogP contribution >= 0.6 is 11.6 Å². The van der Waals surface area contributed by atoms with Gasteiger partial charge < -0.3 is 10.1 Å². The summed E-state index contributed by atoms with van der Waals surface area (Å²) in [6.45, 7) is 4.48. The molecule has 2 fully saturated rings. The maximum atomic E-state index is 13.4. The molecule has 21 heavy (non-hydrogen) atoms. The van der Waals surface area contributed by atoms with Crippen LogP contribution in [-0.2, 0) is 4.74 Å². The summed E-state index contributed by atoms with van der Waals surface area (Å²) in [6, 6.07) is 4.56. The zero-order valence-corrected chi connectivity index (χ0v) is 12.6. The molecule has 2 aliphatic rings. The lowest BCUT2D eigenvalue weighted by atomic mass is 10.1. The van der Waals surface area contributed by atoms with Gasteiger partial charge in [-0.15, -0.1) is 0 Å². The van der Waals surface area contributed by atoms with Crippen LogP contribution in [0.3, 0.4) is 0 Å². The normalized spacial score (nSPS) is 29.2. The highest BCUT2D eigenvalue weighted by atomic mass is 35.5. The number of carbonyl (C=O) groups is 1. The van der Waals surface area contributed by atoms with E-state index >= 15 is 0 Å². The number of hydrogen-bond acceptors (Lipinski definition) is 3. The summed E-state index contributed by atoms with van der Waals surface area (Å²) in [5.74, 6) is -0.834. The van der Waals surface area contributed by atoms with Gasteiger partial charge in [0.25, 0.3) is 5.91 Å². The molecule has 0 spiro atoms. The summed E-state index contributed by atoms with van der Waals surface area (Å²) in [7, 11) is 0. The summed E-state index contributed by atoms with van der Waals surface area (Å²) in [5, 5.41) is 2.99. The zero-order chi connectivity index (χ0) is 15.0. The fraction of sp³-hybridized carbons (Fsp3) is 0.533. The summed E-state index contributed by atoms with van der Waals surface area (Å²) >= 11 is 5.62. The van der Waals surface area contributed by atoms with Crippen LogP contribution in [0.2, 0.25) is 5.02 Å². The molecule has 0 aromatic heterocycles. The van der Waals surface area contributed by atoms with Crippen LogP contribution in [0.4, 0.5) is 4.39 Å². The van der Waals surface area contributed by atoms with Crippen molar-refractivity contribution in [1.82, 2.24) is 10.2 Å². The van der Waals surface area contributed by atoms with Gasteiger partial charge in [0.1, 0.15) is 5.82 Å². The number of amides is 1. The monoisotopic (exact) mass is 312 g/mol. The molecule has 4 nitrogen and oxygen atoms in total. The first-order chi connectivity index (χ1) is 10.0. The summed E-state index contributed by atoms with van der Waals surface area (Å²) in [5.41, 5.74) is 0.298. The van der Waals surface area contributed by atoms with Crippen molar-refractivity contribution in [3.63, 3.8) is 0 Å². The van der Waals surface area contributed by atoms with E-state index in [4.69, 9.17) is 16.3 Å². The van der Waals surface area contributed by atoms with Crippen LogP contribution in [-0.4, -0.2) is 48.7 Å². The van der Waals surface area contributed by atoms with Gasteiger partial charge in [0.2, 0.25) is 0 Å². The maximum absolute atomic E-state index is 13.4. The fourth-order valence-electron chi connectivity index (χ4n) is 3.05. The standard InChI is InChI=1S/C15H18ClFN2O2/c1-9-6-19-7-11(5-12(19)8-21-9)18-15(20)10-2-3-13(16)14(17)4-10/h2-4,9,11-12H,5-8H2,1H3,(H,18,20)/t9-,11+,12+/m1/s1. The van der Waals surface area contributed by atoms with E-state index in [-0.39, 0.29) is 23.1 Å². The van der Waals surface area contributed by atoms with Gasteiger partial charge in [-0.05, 0) is 31.5 Å². The molecular formula is C15H18ClFN2O2. The minimum Gasteiger partial charge on any atom is -0.376 e. The van der Waals surface area contributed by atoms with Gasteiger partial charge in [0, 0.05) is 30.7 Å². The molecule has 2 saturated heterocycles. The van der Waals surface area contributed by atoms with E-state index in [0.717, 1.165) is 19.5 Å². The Morgan fingerprint density at radius 2 is 2.29 bits per heavy atom. The SMILES string of the molecule is C[C@@H]1CN2C[C@@H](NC(=O)c3ccc(Cl)c(F)c3)C[C@H]2CO1. The summed E-state index contributed by atoms with van der Waals surface area (Å²) < 4.78 is 19.0. The molecule has 2 heterocycles. The number of halogens is 2. The molecule has 114 valence electrons. The van der Waals surface area contributed by atoms with Crippen molar-refractivity contribution in [3.8, 4) is 0 Å². The van der Waals surface area contributed by atoms with Gasteiger partial charge in [-0.3, -0.25) is 9.69 Å². The molecular weight excluding hydrogens is 295 g/mol. The van der Waals surface area contributed by atoms with E-state index < -0.39 is 5.82 Å². The summed E-state index contributed by atoms with van der Waals surface area (Å²) in [4.78, 5) is 14.5. The first kappa shape index (κ1) is 14.8. The second-order valence-electron chi connectivity index (χ2n) is 5.79. The predicted molar refractivity (Wildman–Crippen MR) is 78.1 cm³/mol. The Labute approximate surface area is 128 Å². The van der Waals surface area contributed by atoms with E-state index in [2.05, 4.69) is 17.1 Å². The van der Waals surface area contributed by atoms with Crippen molar-refractivity contribution in [1.29, 1.82) is 0 Å². The third-order valence-corrected chi connectivity index (χ3v) is 4.42. The van der Waals surface area contributed by atoms with E-state index in [1.54, 1.807) is 0 Å². The Balaban J connectivity index is 1.62. The summed E-state index contributed by atoms with van der Waals surface area (Å²) in [6.07, 6.45) is 1.11. The quantitative estimate of drug-likeness (QED) is 0.909. The number of hydrogen-bond donors (Lipinski definition) is 1. The van der Waals surface area contributed by atoms with Crippen molar-refractivity contribution in [2.24, 2.45) is 0 Å². The third kappa shape index (κ3) is 3.20. The molecule has 3 atom stereocenters. The fourth-order valence-corrected chi connectivity index (χ4v) is 3.17. The lowest BCUT2D eigenvalue weighted by Crippen LogP contribution is -2.45. The van der Waals surface area contributed by atoms with Gasteiger partial charge >= 0.3 is 0 Å². The van der Waals surface area contributed by atoms with Crippen LogP contribution in [0.5, 0.6) is 0 Å². The third-order valence-electron chi connectivity index (χ3n) is 4.11.